The average Bonchev–Trinajstić information content (AvgIpc) is 3.47. The van der Waals surface area contributed by atoms with Crippen LogP contribution >= 0.6 is 11.8 Å². The Labute approximate surface area is 184 Å². The maximum Gasteiger partial charge on any atom is 0.438 e. The van der Waals surface area contributed by atoms with Gasteiger partial charge in [-0.05, 0) is 22.1 Å². The van der Waals surface area contributed by atoms with E-state index in [1.807, 2.05) is 12.1 Å². The summed E-state index contributed by atoms with van der Waals surface area (Å²) in [6.07, 6.45) is 1.40. The highest BCUT2D eigenvalue weighted by molar-refractivity contribution is 8.00. The largest absolute Gasteiger partial charge is 0.464 e. The van der Waals surface area contributed by atoms with Crippen LogP contribution in [0.4, 0.5) is 5.82 Å². The molecule has 10 nitrogen and oxygen atoms in total. The van der Waals surface area contributed by atoms with Crippen LogP contribution < -0.4 is 16.0 Å². The van der Waals surface area contributed by atoms with Crippen LogP contribution in [0.25, 0.3) is 17.0 Å². The SMILES string of the molecule is N#Cc1c(N)nc(SCC(=O)c2c(=O)o[nH][n+]2-c2ccccc2)c(C#N)c1-c1ccco1. The fraction of sp³-hybridized carbons (Fsp3) is 0.0476. The Hall–Kier alpha value is -4.61. The summed E-state index contributed by atoms with van der Waals surface area (Å²) in [5.74, 6) is -0.621. The lowest BCUT2D eigenvalue weighted by atomic mass is 10.0. The van der Waals surface area contributed by atoms with Crippen molar-refractivity contribution in [1.82, 2.24) is 10.3 Å². The van der Waals surface area contributed by atoms with E-state index in [1.165, 1.54) is 10.9 Å². The van der Waals surface area contributed by atoms with Crippen molar-refractivity contribution in [2.24, 2.45) is 0 Å². The number of Topliss-reactive ketones (excluding diaryl/α,β-unsaturated/α-hetero) is 1. The van der Waals surface area contributed by atoms with Gasteiger partial charge in [0.2, 0.25) is 11.5 Å². The Bertz CT molecular complexity index is 1440. The Kier molecular flexibility index (Phi) is 5.57. The fourth-order valence-electron chi connectivity index (χ4n) is 3.04. The molecule has 32 heavy (non-hydrogen) atoms. The Balaban J connectivity index is 1.70. The van der Waals surface area contributed by atoms with E-state index in [4.69, 9.17) is 14.7 Å². The van der Waals surface area contributed by atoms with Gasteiger partial charge in [0, 0.05) is 12.1 Å². The number of nitrogen functional groups attached to an aromatic ring is 1. The predicted molar refractivity (Wildman–Crippen MR) is 112 cm³/mol. The number of thioether (sulfide) groups is 1. The van der Waals surface area contributed by atoms with Crippen molar-refractivity contribution in [3.05, 3.63) is 76.0 Å². The molecule has 0 aliphatic rings. The summed E-state index contributed by atoms with van der Waals surface area (Å²) >= 11 is 0.913. The summed E-state index contributed by atoms with van der Waals surface area (Å²) < 4.78 is 11.4. The van der Waals surface area contributed by atoms with E-state index in [-0.39, 0.29) is 44.7 Å². The second-order valence-electron chi connectivity index (χ2n) is 6.34. The van der Waals surface area contributed by atoms with Crippen molar-refractivity contribution in [3.63, 3.8) is 0 Å². The number of anilines is 1. The number of benzene rings is 1. The second kappa shape index (κ2) is 8.63. The molecule has 0 saturated heterocycles. The zero-order chi connectivity index (χ0) is 22.7. The minimum atomic E-state index is -0.830. The third kappa shape index (κ3) is 3.64. The molecule has 3 N–H and O–H groups in total. The van der Waals surface area contributed by atoms with Crippen LogP contribution in [0.15, 0.2) is 67.5 Å². The fourth-order valence-corrected chi connectivity index (χ4v) is 3.90. The molecule has 0 atom stereocenters. The smallest absolute Gasteiger partial charge is 0.438 e. The van der Waals surface area contributed by atoms with Crippen LogP contribution in [-0.4, -0.2) is 21.8 Å². The number of ketones is 1. The number of nitrogens with zero attached hydrogens (tertiary/aromatic N) is 4. The van der Waals surface area contributed by atoms with Crippen molar-refractivity contribution in [3.8, 4) is 29.1 Å². The van der Waals surface area contributed by atoms with E-state index in [0.717, 1.165) is 11.8 Å². The predicted octanol–water partition coefficient (Wildman–Crippen LogP) is 2.20. The molecule has 0 saturated carbocycles. The number of para-hydroxylation sites is 1. The van der Waals surface area contributed by atoms with Gasteiger partial charge in [0.1, 0.15) is 34.3 Å². The molecule has 0 aliphatic heterocycles. The van der Waals surface area contributed by atoms with Crippen molar-refractivity contribution in [2.45, 2.75) is 5.03 Å². The van der Waals surface area contributed by atoms with Gasteiger partial charge in [-0.1, -0.05) is 30.0 Å². The number of furan rings is 1. The number of nitrogens with one attached hydrogen (secondary N) is 1. The Morgan fingerprint density at radius 2 is 1.91 bits per heavy atom. The summed E-state index contributed by atoms with van der Waals surface area (Å²) in [6.45, 7) is 0. The molecule has 0 amide bonds. The highest BCUT2D eigenvalue weighted by atomic mass is 32.2. The number of hydrogen-bond donors (Lipinski definition) is 2. The van der Waals surface area contributed by atoms with Crippen molar-refractivity contribution in [1.29, 1.82) is 10.5 Å². The van der Waals surface area contributed by atoms with Crippen molar-refractivity contribution >= 4 is 23.4 Å². The maximum absolute atomic E-state index is 12.9. The molecule has 4 aromatic rings. The van der Waals surface area contributed by atoms with Crippen molar-refractivity contribution < 1.29 is 18.4 Å². The van der Waals surface area contributed by atoms with Crippen LogP contribution in [0.5, 0.6) is 0 Å². The molecule has 0 bridgehead atoms. The number of aromatic amines is 1. The van der Waals surface area contributed by atoms with Gasteiger partial charge >= 0.3 is 11.3 Å². The van der Waals surface area contributed by atoms with Crippen LogP contribution in [-0.2, 0) is 0 Å². The van der Waals surface area contributed by atoms with E-state index in [9.17, 15) is 20.1 Å². The zero-order valence-corrected chi connectivity index (χ0v) is 17.0. The van der Waals surface area contributed by atoms with Gasteiger partial charge < -0.3 is 10.2 Å². The first kappa shape index (κ1) is 20.7. The number of carbonyl (C=O) groups excluding carboxylic acids is 1. The minimum absolute atomic E-state index is 0.000347. The third-order valence-corrected chi connectivity index (χ3v) is 5.42. The molecule has 0 spiro atoms. The van der Waals surface area contributed by atoms with E-state index in [1.54, 1.807) is 42.5 Å². The van der Waals surface area contributed by atoms with Gasteiger partial charge in [-0.15, -0.1) is 0 Å². The number of nitriles is 2. The topological polar surface area (TPSA) is 167 Å². The lowest BCUT2D eigenvalue weighted by Crippen LogP contribution is -2.41. The lowest BCUT2D eigenvalue weighted by Gasteiger charge is -2.10. The minimum Gasteiger partial charge on any atom is -0.464 e. The van der Waals surface area contributed by atoms with Crippen LogP contribution in [0, 0.1) is 22.7 Å². The first-order valence-corrected chi connectivity index (χ1v) is 10.1. The highest BCUT2D eigenvalue weighted by Gasteiger charge is 2.31. The molecule has 156 valence electrons. The number of nitrogens with two attached hydrogens (primary N) is 1. The highest BCUT2D eigenvalue weighted by Crippen LogP contribution is 2.35. The van der Waals surface area contributed by atoms with Gasteiger partial charge in [-0.25, -0.2) is 9.78 Å². The molecule has 4 rings (SSSR count). The first-order valence-electron chi connectivity index (χ1n) is 9.07. The lowest BCUT2D eigenvalue weighted by molar-refractivity contribution is -0.672. The van der Waals surface area contributed by atoms with Gasteiger partial charge in [0.05, 0.1) is 23.1 Å². The van der Waals surface area contributed by atoms with Crippen LogP contribution in [0.2, 0.25) is 0 Å². The Morgan fingerprint density at radius 3 is 2.56 bits per heavy atom. The summed E-state index contributed by atoms with van der Waals surface area (Å²) in [5.41, 5.74) is 5.66. The maximum atomic E-state index is 12.9. The number of carbonyl (C=O) groups is 1. The number of rotatable bonds is 6. The van der Waals surface area contributed by atoms with E-state index in [2.05, 4.69) is 10.3 Å². The van der Waals surface area contributed by atoms with E-state index >= 15 is 0 Å². The number of hydrogen-bond acceptors (Lipinski definition) is 9. The molecule has 3 heterocycles. The second-order valence-corrected chi connectivity index (χ2v) is 7.30. The first-order chi connectivity index (χ1) is 15.5. The molecule has 1 aromatic carbocycles. The summed E-state index contributed by atoms with van der Waals surface area (Å²) in [5, 5.41) is 21.8. The van der Waals surface area contributed by atoms with Gasteiger partial charge in [0.25, 0.3) is 0 Å². The monoisotopic (exact) mass is 445 g/mol. The normalized spacial score (nSPS) is 10.4. The zero-order valence-electron chi connectivity index (χ0n) is 16.2. The molecular formula is C21H13N6O4S+. The summed E-state index contributed by atoms with van der Waals surface area (Å²) in [4.78, 5) is 29.2. The number of H-pyrrole nitrogens is 1. The quantitative estimate of drug-likeness (QED) is 0.257. The average molecular weight is 445 g/mol. The third-order valence-electron chi connectivity index (χ3n) is 4.45. The number of pyridine rings is 1. The van der Waals surface area contributed by atoms with E-state index in [0.29, 0.717) is 5.69 Å². The summed E-state index contributed by atoms with van der Waals surface area (Å²) in [6, 6.07) is 15.8. The van der Waals surface area contributed by atoms with Crippen LogP contribution in [0.1, 0.15) is 21.6 Å². The molecule has 11 heteroatoms. The van der Waals surface area contributed by atoms with Crippen molar-refractivity contribution in [2.75, 3.05) is 11.5 Å². The van der Waals surface area contributed by atoms with Gasteiger partial charge in [-0.2, -0.15) is 10.5 Å². The molecule has 0 fully saturated rings. The molecule has 0 radical (unpaired) electrons. The molecule has 0 unspecified atom stereocenters. The summed E-state index contributed by atoms with van der Waals surface area (Å²) in [7, 11) is 0. The molecule has 3 aromatic heterocycles. The molecular weight excluding hydrogens is 432 g/mol. The standard InChI is InChI=1S/C21H12N6O4S/c22-9-13-17(16-7-4-8-30-16)14(10-23)20(25-19(13)24)32-11-15(28)18-21(29)31-26-27(18)12-5-2-1-3-6-12/h1-8H,11H2,(H2-,24,25,26,28,29)/p+1. The van der Waals surface area contributed by atoms with Gasteiger partial charge in [0.15, 0.2) is 0 Å². The van der Waals surface area contributed by atoms with Crippen LogP contribution in [0.3, 0.4) is 0 Å². The number of aromatic nitrogens is 3. The van der Waals surface area contributed by atoms with Gasteiger partial charge in [-0.3, -0.25) is 9.32 Å². The Morgan fingerprint density at radius 1 is 1.16 bits per heavy atom. The molecule has 0 aliphatic carbocycles. The van der Waals surface area contributed by atoms with E-state index < -0.39 is 11.4 Å².